The molecule has 0 saturated heterocycles. The van der Waals surface area contributed by atoms with Crippen LogP contribution in [0.3, 0.4) is 0 Å². The van der Waals surface area contributed by atoms with E-state index >= 15 is 0 Å². The number of nitrogens with zero attached hydrogens (tertiary/aromatic N) is 2. The maximum Gasteiger partial charge on any atom is 0.263 e. The Morgan fingerprint density at radius 3 is 2.53 bits per heavy atom. The molecule has 168 valence electrons. The van der Waals surface area contributed by atoms with Crippen LogP contribution >= 0.6 is 34.4 Å². The average molecular weight is 486 g/mol. The third kappa shape index (κ3) is 3.46. The van der Waals surface area contributed by atoms with Crippen molar-refractivity contribution in [2.75, 3.05) is 0 Å². The van der Waals surface area contributed by atoms with Gasteiger partial charge >= 0.3 is 0 Å². The standard InChI is InChI=1S/C24H27N3O2S3/c1-13(20(28)26-24-9-14-6-15(10-24)8-16(7-14)11-24)32-23-25-21-19(22(29)27(23)2)17(12-31-21)18-4-3-5-30-18/h3-5,12-16H,6-11H2,1-2H3,(H,26,28)/t13-,14?,15?,16?,24?/m1/s1. The number of amides is 1. The number of fused-ring (bicyclic) bond motifs is 1. The van der Waals surface area contributed by atoms with Crippen molar-refractivity contribution in [3.63, 3.8) is 0 Å². The fraction of sp³-hybridized carbons (Fsp3) is 0.542. The number of nitrogens with one attached hydrogen (secondary N) is 1. The highest BCUT2D eigenvalue weighted by atomic mass is 32.2. The van der Waals surface area contributed by atoms with Crippen molar-refractivity contribution in [2.24, 2.45) is 24.8 Å². The van der Waals surface area contributed by atoms with Crippen molar-refractivity contribution < 1.29 is 4.79 Å². The molecule has 1 N–H and O–H groups in total. The van der Waals surface area contributed by atoms with Crippen LogP contribution in [0, 0.1) is 17.8 Å². The first-order valence-electron chi connectivity index (χ1n) is 11.4. The van der Waals surface area contributed by atoms with Crippen molar-refractivity contribution in [3.05, 3.63) is 33.2 Å². The summed E-state index contributed by atoms with van der Waals surface area (Å²) in [6.07, 6.45) is 7.52. The van der Waals surface area contributed by atoms with Gasteiger partial charge in [-0.25, -0.2) is 4.98 Å². The molecule has 4 bridgehead atoms. The van der Waals surface area contributed by atoms with E-state index in [-0.39, 0.29) is 22.3 Å². The molecule has 8 heteroatoms. The van der Waals surface area contributed by atoms with Crippen molar-refractivity contribution in [1.29, 1.82) is 0 Å². The molecule has 0 radical (unpaired) electrons. The fourth-order valence-corrected chi connectivity index (χ4v) is 9.29. The summed E-state index contributed by atoms with van der Waals surface area (Å²) < 4.78 is 1.60. The molecule has 4 saturated carbocycles. The van der Waals surface area contributed by atoms with E-state index in [4.69, 9.17) is 4.98 Å². The summed E-state index contributed by atoms with van der Waals surface area (Å²) in [6, 6.07) is 4.03. The monoisotopic (exact) mass is 485 g/mol. The molecular weight excluding hydrogens is 458 g/mol. The molecule has 1 atom stereocenters. The van der Waals surface area contributed by atoms with Crippen LogP contribution in [-0.2, 0) is 11.8 Å². The van der Waals surface area contributed by atoms with Crippen LogP contribution in [0.5, 0.6) is 0 Å². The highest BCUT2D eigenvalue weighted by Gasteiger charge is 2.51. The summed E-state index contributed by atoms with van der Waals surface area (Å²) >= 11 is 4.52. The minimum absolute atomic E-state index is 0.00722. The number of carbonyl (C=O) groups is 1. The minimum Gasteiger partial charge on any atom is -0.350 e. The lowest BCUT2D eigenvalue weighted by Crippen LogP contribution is -2.60. The lowest BCUT2D eigenvalue weighted by atomic mass is 9.53. The molecule has 3 heterocycles. The van der Waals surface area contributed by atoms with Crippen molar-refractivity contribution in [1.82, 2.24) is 14.9 Å². The number of thioether (sulfide) groups is 1. The summed E-state index contributed by atoms with van der Waals surface area (Å²) in [5.74, 6) is 2.47. The van der Waals surface area contributed by atoms with Crippen LogP contribution in [0.4, 0.5) is 0 Å². The average Bonchev–Trinajstić information content (AvgIpc) is 3.40. The maximum absolute atomic E-state index is 13.2. The van der Waals surface area contributed by atoms with E-state index in [1.54, 1.807) is 23.0 Å². The molecule has 4 aliphatic rings. The van der Waals surface area contributed by atoms with Gasteiger partial charge in [0.1, 0.15) is 4.83 Å². The van der Waals surface area contributed by atoms with Crippen LogP contribution in [0.1, 0.15) is 45.4 Å². The van der Waals surface area contributed by atoms with E-state index in [1.165, 1.54) is 42.4 Å². The van der Waals surface area contributed by atoms with Gasteiger partial charge in [0.25, 0.3) is 5.56 Å². The van der Waals surface area contributed by atoms with E-state index in [0.717, 1.165) is 52.3 Å². The SMILES string of the molecule is C[C@@H](Sc1nc2scc(-c3cccs3)c2c(=O)n1C)C(=O)NC12CC3CC(CC(C3)C1)C2. The maximum atomic E-state index is 13.2. The molecule has 5 nitrogen and oxygen atoms in total. The smallest absolute Gasteiger partial charge is 0.263 e. The van der Waals surface area contributed by atoms with Crippen LogP contribution in [0.25, 0.3) is 20.7 Å². The third-order valence-electron chi connectivity index (χ3n) is 7.64. The van der Waals surface area contributed by atoms with Gasteiger partial charge in [0.15, 0.2) is 5.16 Å². The first-order chi connectivity index (χ1) is 15.4. The number of aromatic nitrogens is 2. The lowest BCUT2D eigenvalue weighted by Gasteiger charge is -2.57. The Morgan fingerprint density at radius 2 is 1.91 bits per heavy atom. The quantitative estimate of drug-likeness (QED) is 0.394. The Bertz CT molecular complexity index is 1210. The van der Waals surface area contributed by atoms with Gasteiger partial charge in [0.2, 0.25) is 5.91 Å². The molecule has 3 aromatic rings. The molecule has 0 spiro atoms. The Hall–Kier alpha value is -1.64. The molecule has 3 aromatic heterocycles. The van der Waals surface area contributed by atoms with E-state index in [1.807, 2.05) is 29.8 Å². The number of carbonyl (C=O) groups excluding carboxylic acids is 1. The zero-order chi connectivity index (χ0) is 22.0. The summed E-state index contributed by atoms with van der Waals surface area (Å²) in [5.41, 5.74) is 0.917. The highest BCUT2D eigenvalue weighted by Crippen LogP contribution is 2.55. The predicted molar refractivity (Wildman–Crippen MR) is 133 cm³/mol. The van der Waals surface area contributed by atoms with Crippen molar-refractivity contribution >= 4 is 50.6 Å². The number of hydrogen-bond acceptors (Lipinski definition) is 6. The van der Waals surface area contributed by atoms with E-state index in [0.29, 0.717) is 10.5 Å². The number of thiophene rings is 2. The molecule has 0 aliphatic heterocycles. The van der Waals surface area contributed by atoms with Gasteiger partial charge in [-0.2, -0.15) is 0 Å². The Morgan fingerprint density at radius 1 is 1.22 bits per heavy atom. The van der Waals surface area contributed by atoms with Gasteiger partial charge in [-0.15, -0.1) is 22.7 Å². The van der Waals surface area contributed by atoms with Gasteiger partial charge in [0, 0.05) is 28.4 Å². The van der Waals surface area contributed by atoms with Crippen LogP contribution < -0.4 is 10.9 Å². The van der Waals surface area contributed by atoms with Gasteiger partial charge in [-0.1, -0.05) is 17.8 Å². The minimum atomic E-state index is -0.296. The normalized spacial score (nSPS) is 29.5. The highest BCUT2D eigenvalue weighted by molar-refractivity contribution is 8.00. The molecule has 0 aromatic carbocycles. The van der Waals surface area contributed by atoms with Gasteiger partial charge in [-0.05, 0) is 74.6 Å². The summed E-state index contributed by atoms with van der Waals surface area (Å²) in [5, 5.41) is 8.49. The molecular formula is C24H27N3O2S3. The van der Waals surface area contributed by atoms with E-state index in [2.05, 4.69) is 5.32 Å². The van der Waals surface area contributed by atoms with Gasteiger partial charge in [-0.3, -0.25) is 14.2 Å². The fourth-order valence-electron chi connectivity index (χ4n) is 6.61. The lowest BCUT2D eigenvalue weighted by molar-refractivity contribution is -0.126. The molecule has 0 unspecified atom stereocenters. The van der Waals surface area contributed by atoms with Crippen LogP contribution in [-0.4, -0.2) is 26.2 Å². The molecule has 4 aliphatic carbocycles. The van der Waals surface area contributed by atoms with E-state index < -0.39 is 0 Å². The number of rotatable bonds is 5. The van der Waals surface area contributed by atoms with E-state index in [9.17, 15) is 9.59 Å². The van der Waals surface area contributed by atoms with Gasteiger partial charge < -0.3 is 5.32 Å². The molecule has 7 rings (SSSR count). The Kier molecular flexibility index (Phi) is 5.04. The van der Waals surface area contributed by atoms with Crippen LogP contribution in [0.2, 0.25) is 0 Å². The van der Waals surface area contributed by atoms with Crippen LogP contribution in [0.15, 0.2) is 32.8 Å². The summed E-state index contributed by atoms with van der Waals surface area (Å²) in [4.78, 5) is 33.0. The first-order valence-corrected chi connectivity index (χ1v) is 14.1. The largest absolute Gasteiger partial charge is 0.350 e. The second-order valence-electron chi connectivity index (χ2n) is 10.0. The molecule has 1 amide bonds. The second kappa shape index (κ2) is 7.71. The third-order valence-corrected chi connectivity index (χ3v) is 10.6. The van der Waals surface area contributed by atoms with Crippen molar-refractivity contribution in [3.8, 4) is 10.4 Å². The predicted octanol–water partition coefficient (Wildman–Crippen LogP) is 5.29. The summed E-state index contributed by atoms with van der Waals surface area (Å²) in [6.45, 7) is 1.93. The zero-order valence-corrected chi connectivity index (χ0v) is 20.7. The topological polar surface area (TPSA) is 64.0 Å². The van der Waals surface area contributed by atoms with Crippen molar-refractivity contribution in [2.45, 2.75) is 61.4 Å². The number of hydrogen-bond donors (Lipinski definition) is 1. The molecule has 32 heavy (non-hydrogen) atoms. The second-order valence-corrected chi connectivity index (χ2v) is 13.1. The first kappa shape index (κ1) is 20.9. The Labute approximate surface area is 199 Å². The Balaban J connectivity index is 1.23. The van der Waals surface area contributed by atoms with Gasteiger partial charge in [0.05, 0.1) is 10.6 Å². The molecule has 4 fully saturated rings. The summed E-state index contributed by atoms with van der Waals surface area (Å²) in [7, 11) is 1.76. The zero-order valence-electron chi connectivity index (χ0n) is 18.3.